The summed E-state index contributed by atoms with van der Waals surface area (Å²) in [5.74, 6) is 2.84. The Balaban J connectivity index is 2.87. The molecule has 0 aromatic heterocycles. The van der Waals surface area contributed by atoms with E-state index in [1.165, 1.54) is 0 Å². The van der Waals surface area contributed by atoms with Crippen LogP contribution in [-0.4, -0.2) is 0 Å². The first kappa shape index (κ1) is 9.89. The van der Waals surface area contributed by atoms with Gasteiger partial charge in [0.05, 0.1) is 0 Å². The standard InChI is InChI=1S/C12H11Cl/c1-3-5-10(4-2)11-6-8-12(13)9-7-11/h2-3,6-10H,1,5H2. The van der Waals surface area contributed by atoms with E-state index in [9.17, 15) is 0 Å². The Hall–Kier alpha value is -1.19. The molecule has 0 amide bonds. The van der Waals surface area contributed by atoms with Crippen LogP contribution in [0.15, 0.2) is 36.9 Å². The van der Waals surface area contributed by atoms with Crippen LogP contribution in [0.1, 0.15) is 17.9 Å². The summed E-state index contributed by atoms with van der Waals surface area (Å²) in [6.07, 6.45) is 8.03. The average molecular weight is 191 g/mol. The minimum atomic E-state index is 0.120. The normalized spacial score (nSPS) is 11.7. The molecule has 0 aliphatic heterocycles. The Kier molecular flexibility index (Phi) is 3.61. The van der Waals surface area contributed by atoms with Crippen molar-refractivity contribution in [3.8, 4) is 12.3 Å². The molecule has 0 radical (unpaired) electrons. The summed E-state index contributed by atoms with van der Waals surface area (Å²) < 4.78 is 0. The predicted molar refractivity (Wildman–Crippen MR) is 57.8 cm³/mol. The smallest absolute Gasteiger partial charge is 0.0483 e. The molecule has 0 fully saturated rings. The fourth-order valence-electron chi connectivity index (χ4n) is 1.16. The van der Waals surface area contributed by atoms with Gasteiger partial charge in [-0.25, -0.2) is 0 Å². The molecule has 1 unspecified atom stereocenters. The first-order valence-corrected chi connectivity index (χ1v) is 4.48. The van der Waals surface area contributed by atoms with Crippen LogP contribution >= 0.6 is 11.6 Å². The predicted octanol–water partition coefficient (Wildman–Crippen LogP) is 3.63. The van der Waals surface area contributed by atoms with E-state index in [1.54, 1.807) is 0 Å². The van der Waals surface area contributed by atoms with Crippen molar-refractivity contribution in [1.29, 1.82) is 0 Å². The van der Waals surface area contributed by atoms with Gasteiger partial charge >= 0.3 is 0 Å². The zero-order chi connectivity index (χ0) is 9.68. The molecular weight excluding hydrogens is 180 g/mol. The Morgan fingerprint density at radius 2 is 2.08 bits per heavy atom. The van der Waals surface area contributed by atoms with Gasteiger partial charge in [0.1, 0.15) is 0 Å². The Labute approximate surface area is 84.2 Å². The highest BCUT2D eigenvalue weighted by Crippen LogP contribution is 2.20. The maximum atomic E-state index is 5.76. The molecule has 66 valence electrons. The summed E-state index contributed by atoms with van der Waals surface area (Å²) in [4.78, 5) is 0. The van der Waals surface area contributed by atoms with Crippen molar-refractivity contribution in [3.63, 3.8) is 0 Å². The van der Waals surface area contributed by atoms with E-state index in [4.69, 9.17) is 18.0 Å². The Bertz CT molecular complexity index is 316. The molecular formula is C12H11Cl. The zero-order valence-corrected chi connectivity index (χ0v) is 8.09. The van der Waals surface area contributed by atoms with Crippen LogP contribution in [-0.2, 0) is 0 Å². The van der Waals surface area contributed by atoms with Crippen LogP contribution in [0, 0.1) is 12.3 Å². The molecule has 0 aliphatic carbocycles. The highest BCUT2D eigenvalue weighted by Gasteiger charge is 2.04. The monoisotopic (exact) mass is 190 g/mol. The maximum absolute atomic E-state index is 5.76. The van der Waals surface area contributed by atoms with Crippen LogP contribution in [0.25, 0.3) is 0 Å². The highest BCUT2D eigenvalue weighted by atomic mass is 35.5. The van der Waals surface area contributed by atoms with E-state index in [0.29, 0.717) is 0 Å². The number of hydrogen-bond acceptors (Lipinski definition) is 0. The van der Waals surface area contributed by atoms with Crippen LogP contribution in [0.3, 0.4) is 0 Å². The minimum Gasteiger partial charge on any atom is -0.119 e. The van der Waals surface area contributed by atoms with Gasteiger partial charge in [0.25, 0.3) is 0 Å². The summed E-state index contributed by atoms with van der Waals surface area (Å²) >= 11 is 5.76. The van der Waals surface area contributed by atoms with Crippen molar-refractivity contribution < 1.29 is 0 Å². The lowest BCUT2D eigenvalue weighted by Crippen LogP contribution is -1.92. The molecule has 0 N–H and O–H groups in total. The van der Waals surface area contributed by atoms with Crippen LogP contribution in [0.2, 0.25) is 5.02 Å². The topological polar surface area (TPSA) is 0 Å². The van der Waals surface area contributed by atoms with Crippen molar-refractivity contribution >= 4 is 11.6 Å². The molecule has 1 atom stereocenters. The van der Waals surface area contributed by atoms with E-state index in [2.05, 4.69) is 12.5 Å². The second-order valence-electron chi connectivity index (χ2n) is 2.80. The number of halogens is 1. The lowest BCUT2D eigenvalue weighted by Gasteiger charge is -2.07. The van der Waals surface area contributed by atoms with Gasteiger partial charge in [0.15, 0.2) is 0 Å². The number of benzene rings is 1. The lowest BCUT2D eigenvalue weighted by molar-refractivity contribution is 0.896. The first-order valence-electron chi connectivity index (χ1n) is 4.10. The minimum absolute atomic E-state index is 0.120. The molecule has 0 spiro atoms. The molecule has 1 aromatic carbocycles. The van der Waals surface area contributed by atoms with Crippen LogP contribution < -0.4 is 0 Å². The van der Waals surface area contributed by atoms with Gasteiger partial charge in [-0.15, -0.1) is 13.0 Å². The fraction of sp³-hybridized carbons (Fsp3) is 0.167. The number of rotatable bonds is 3. The van der Waals surface area contributed by atoms with Crippen molar-refractivity contribution in [3.05, 3.63) is 47.5 Å². The van der Waals surface area contributed by atoms with Crippen LogP contribution in [0.4, 0.5) is 0 Å². The van der Waals surface area contributed by atoms with Gasteiger partial charge < -0.3 is 0 Å². The highest BCUT2D eigenvalue weighted by molar-refractivity contribution is 6.30. The van der Waals surface area contributed by atoms with E-state index in [0.717, 1.165) is 17.0 Å². The van der Waals surface area contributed by atoms with Gasteiger partial charge in [-0.2, -0.15) is 0 Å². The molecule has 0 heterocycles. The molecule has 1 rings (SSSR count). The third-order valence-corrected chi connectivity index (χ3v) is 2.13. The number of terminal acetylenes is 1. The fourth-order valence-corrected chi connectivity index (χ4v) is 1.29. The van der Waals surface area contributed by atoms with E-state index >= 15 is 0 Å². The summed E-state index contributed by atoms with van der Waals surface area (Å²) in [6, 6.07) is 7.61. The quantitative estimate of drug-likeness (QED) is 0.505. The molecule has 1 heteroatoms. The van der Waals surface area contributed by atoms with Crippen molar-refractivity contribution in [1.82, 2.24) is 0 Å². The van der Waals surface area contributed by atoms with Crippen molar-refractivity contribution in [2.75, 3.05) is 0 Å². The third-order valence-electron chi connectivity index (χ3n) is 1.88. The zero-order valence-electron chi connectivity index (χ0n) is 7.33. The molecule has 0 aliphatic rings. The van der Waals surface area contributed by atoms with E-state index in [-0.39, 0.29) is 5.92 Å². The Morgan fingerprint density at radius 1 is 1.46 bits per heavy atom. The largest absolute Gasteiger partial charge is 0.119 e. The maximum Gasteiger partial charge on any atom is 0.0483 e. The first-order chi connectivity index (χ1) is 6.27. The lowest BCUT2D eigenvalue weighted by atomic mass is 9.97. The van der Waals surface area contributed by atoms with Gasteiger partial charge in [0, 0.05) is 10.9 Å². The SMILES string of the molecule is C#CC(CC=C)c1ccc(Cl)cc1. The van der Waals surface area contributed by atoms with Crippen molar-refractivity contribution in [2.24, 2.45) is 0 Å². The van der Waals surface area contributed by atoms with Gasteiger partial charge in [-0.3, -0.25) is 0 Å². The number of hydrogen-bond donors (Lipinski definition) is 0. The van der Waals surface area contributed by atoms with Gasteiger partial charge in [-0.1, -0.05) is 35.7 Å². The molecule has 0 nitrogen and oxygen atoms in total. The molecule has 13 heavy (non-hydrogen) atoms. The van der Waals surface area contributed by atoms with E-state index < -0.39 is 0 Å². The average Bonchev–Trinajstić information content (AvgIpc) is 2.16. The summed E-state index contributed by atoms with van der Waals surface area (Å²) in [5, 5.41) is 0.734. The molecule has 0 saturated carbocycles. The van der Waals surface area contributed by atoms with Crippen molar-refractivity contribution in [2.45, 2.75) is 12.3 Å². The molecule has 0 saturated heterocycles. The summed E-state index contributed by atoms with van der Waals surface area (Å²) in [6.45, 7) is 3.67. The molecule has 0 bridgehead atoms. The second kappa shape index (κ2) is 4.74. The third kappa shape index (κ3) is 2.65. The summed E-state index contributed by atoms with van der Waals surface area (Å²) in [5.41, 5.74) is 1.12. The summed E-state index contributed by atoms with van der Waals surface area (Å²) in [7, 11) is 0. The van der Waals surface area contributed by atoms with Gasteiger partial charge in [-0.05, 0) is 24.1 Å². The Morgan fingerprint density at radius 3 is 2.54 bits per heavy atom. The van der Waals surface area contributed by atoms with Gasteiger partial charge in [0.2, 0.25) is 0 Å². The number of allylic oxidation sites excluding steroid dienone is 1. The van der Waals surface area contributed by atoms with E-state index in [1.807, 2.05) is 30.3 Å². The molecule has 1 aromatic rings. The van der Waals surface area contributed by atoms with Crippen LogP contribution in [0.5, 0.6) is 0 Å². The second-order valence-corrected chi connectivity index (χ2v) is 3.23.